The van der Waals surface area contributed by atoms with Crippen LogP contribution in [0.15, 0.2) is 36.1 Å². The van der Waals surface area contributed by atoms with Gasteiger partial charge in [-0.2, -0.15) is 0 Å². The Kier molecular flexibility index (Phi) is 5.22. The van der Waals surface area contributed by atoms with E-state index in [2.05, 4.69) is 0 Å². The predicted molar refractivity (Wildman–Crippen MR) is 77.1 cm³/mol. The molecule has 1 aromatic carbocycles. The van der Waals surface area contributed by atoms with Crippen LogP contribution in [0.4, 0.5) is 0 Å². The van der Waals surface area contributed by atoms with Crippen molar-refractivity contribution in [1.82, 2.24) is 0 Å². The molecule has 0 radical (unpaired) electrons. The number of rotatable bonds is 6. The zero-order valence-corrected chi connectivity index (χ0v) is 12.8. The van der Waals surface area contributed by atoms with E-state index in [0.29, 0.717) is 5.56 Å². The lowest BCUT2D eigenvalue weighted by molar-refractivity contribution is -0.541. The Hall–Kier alpha value is -1.49. The lowest BCUT2D eigenvalue weighted by Gasteiger charge is -2.21. The van der Waals surface area contributed by atoms with Gasteiger partial charge in [0, 0.05) is 44.4 Å². The third-order valence-electron chi connectivity index (χ3n) is 3.00. The van der Waals surface area contributed by atoms with Gasteiger partial charge >= 0.3 is 7.60 Å². The van der Waals surface area contributed by atoms with Crippen molar-refractivity contribution in [1.29, 1.82) is 0 Å². The maximum Gasteiger partial charge on any atom is 0.354 e. The Morgan fingerprint density at radius 1 is 1.25 bits per heavy atom. The third-order valence-corrected chi connectivity index (χ3v) is 4.59. The molecule has 0 N–H and O–H groups in total. The van der Waals surface area contributed by atoms with Crippen molar-refractivity contribution in [3.05, 3.63) is 51.8 Å². The SMILES string of the molecule is COP(=O)(C=C(c1ccccc1)C(C)(C)[N+](=O)[O-])OC. The average Bonchev–Trinajstić information content (AvgIpc) is 2.45. The van der Waals surface area contributed by atoms with Crippen molar-refractivity contribution in [2.24, 2.45) is 0 Å². The van der Waals surface area contributed by atoms with Crippen LogP contribution in [0.25, 0.3) is 5.57 Å². The quantitative estimate of drug-likeness (QED) is 0.456. The van der Waals surface area contributed by atoms with E-state index < -0.39 is 18.1 Å². The zero-order valence-electron chi connectivity index (χ0n) is 11.9. The van der Waals surface area contributed by atoms with Gasteiger partial charge in [-0.25, -0.2) is 0 Å². The summed E-state index contributed by atoms with van der Waals surface area (Å²) in [6.07, 6.45) is 0. The molecule has 0 saturated heterocycles. The lowest BCUT2D eigenvalue weighted by Crippen LogP contribution is -2.32. The van der Waals surface area contributed by atoms with Crippen LogP contribution in [-0.4, -0.2) is 24.7 Å². The molecule has 1 aromatic rings. The summed E-state index contributed by atoms with van der Waals surface area (Å²) in [5.41, 5.74) is -0.535. The minimum Gasteiger partial charge on any atom is -0.309 e. The molecule has 0 heterocycles. The van der Waals surface area contributed by atoms with Crippen LogP contribution in [0.5, 0.6) is 0 Å². The van der Waals surface area contributed by atoms with Crippen molar-refractivity contribution >= 4 is 13.2 Å². The van der Waals surface area contributed by atoms with Crippen molar-refractivity contribution in [3.63, 3.8) is 0 Å². The van der Waals surface area contributed by atoms with E-state index in [1.165, 1.54) is 33.9 Å². The maximum atomic E-state index is 12.3. The van der Waals surface area contributed by atoms with Crippen molar-refractivity contribution in [2.75, 3.05) is 14.2 Å². The Morgan fingerprint density at radius 3 is 2.15 bits per heavy atom. The lowest BCUT2D eigenvalue weighted by atomic mass is 9.90. The molecule has 0 spiro atoms. The molecular weight excluding hydrogens is 281 g/mol. The normalized spacial score (nSPS) is 13.3. The summed E-state index contributed by atoms with van der Waals surface area (Å²) in [7, 11) is -1.03. The van der Waals surface area contributed by atoms with Crippen LogP contribution in [0.1, 0.15) is 19.4 Å². The third kappa shape index (κ3) is 3.54. The molecule has 0 aliphatic rings. The highest BCUT2D eigenvalue weighted by Crippen LogP contribution is 2.51. The molecule has 20 heavy (non-hydrogen) atoms. The molecule has 1 rings (SSSR count). The number of hydrogen-bond acceptors (Lipinski definition) is 5. The first kappa shape index (κ1) is 16.6. The van der Waals surface area contributed by atoms with Crippen LogP contribution in [0, 0.1) is 10.1 Å². The molecule has 0 bridgehead atoms. The molecule has 7 heteroatoms. The zero-order chi connectivity index (χ0) is 15.4. The van der Waals surface area contributed by atoms with Gasteiger partial charge in [0.25, 0.3) is 0 Å². The summed E-state index contributed by atoms with van der Waals surface area (Å²) in [5, 5.41) is 11.3. The Labute approximate surface area is 118 Å². The van der Waals surface area contributed by atoms with Crippen molar-refractivity contribution in [2.45, 2.75) is 19.4 Å². The predicted octanol–water partition coefficient (Wildman–Crippen LogP) is 3.57. The van der Waals surface area contributed by atoms with Gasteiger partial charge < -0.3 is 9.05 Å². The molecule has 110 valence electrons. The Morgan fingerprint density at radius 2 is 1.75 bits per heavy atom. The van der Waals surface area contributed by atoms with E-state index in [4.69, 9.17) is 9.05 Å². The minimum atomic E-state index is -3.51. The topological polar surface area (TPSA) is 78.7 Å². The van der Waals surface area contributed by atoms with Crippen LogP contribution >= 0.6 is 7.60 Å². The van der Waals surface area contributed by atoms with E-state index in [0.717, 1.165) is 0 Å². The summed E-state index contributed by atoms with van der Waals surface area (Å²) in [6, 6.07) is 8.74. The number of hydrogen-bond donors (Lipinski definition) is 0. The fraction of sp³-hybridized carbons (Fsp3) is 0.385. The fourth-order valence-corrected chi connectivity index (χ4v) is 2.78. The van der Waals surface area contributed by atoms with E-state index in [1.807, 2.05) is 0 Å². The largest absolute Gasteiger partial charge is 0.354 e. The van der Waals surface area contributed by atoms with Crippen LogP contribution < -0.4 is 0 Å². The first-order valence-electron chi connectivity index (χ1n) is 5.91. The molecule has 0 aliphatic heterocycles. The minimum absolute atomic E-state index is 0.287. The Bertz CT molecular complexity index is 545. The highest BCUT2D eigenvalue weighted by molar-refractivity contribution is 7.57. The molecular formula is C13H18NO5P. The molecule has 0 atom stereocenters. The number of nitro groups is 1. The van der Waals surface area contributed by atoms with Gasteiger partial charge in [0.2, 0.25) is 5.54 Å². The molecule has 0 aromatic heterocycles. The van der Waals surface area contributed by atoms with Crippen molar-refractivity contribution in [3.8, 4) is 0 Å². The van der Waals surface area contributed by atoms with Crippen LogP contribution in [-0.2, 0) is 13.6 Å². The standard InChI is InChI=1S/C13H18NO5P/c1-13(2,14(15)16)12(10-20(17,18-3)19-4)11-8-6-5-7-9-11/h5-10H,1-4H3. The van der Waals surface area contributed by atoms with E-state index in [9.17, 15) is 14.7 Å². The molecule has 0 saturated carbocycles. The number of nitrogens with zero attached hydrogens (tertiary/aromatic N) is 1. The van der Waals surface area contributed by atoms with Gasteiger partial charge in [-0.1, -0.05) is 30.3 Å². The second-order valence-corrected chi connectivity index (χ2v) is 6.70. The van der Waals surface area contributed by atoms with Crippen LogP contribution in [0.3, 0.4) is 0 Å². The fourth-order valence-electron chi connectivity index (χ4n) is 1.64. The first-order valence-corrected chi connectivity index (χ1v) is 7.52. The average molecular weight is 299 g/mol. The summed E-state index contributed by atoms with van der Waals surface area (Å²) in [5.74, 6) is 1.21. The molecule has 6 nitrogen and oxygen atoms in total. The van der Waals surface area contributed by atoms with Gasteiger partial charge in [-0.15, -0.1) is 0 Å². The molecule has 0 fully saturated rings. The van der Waals surface area contributed by atoms with Gasteiger partial charge in [0.15, 0.2) is 0 Å². The Balaban J connectivity index is 3.48. The number of benzene rings is 1. The summed E-state index contributed by atoms with van der Waals surface area (Å²) in [6.45, 7) is 2.89. The summed E-state index contributed by atoms with van der Waals surface area (Å²) in [4.78, 5) is 10.9. The van der Waals surface area contributed by atoms with Gasteiger partial charge in [0.05, 0.1) is 0 Å². The maximum absolute atomic E-state index is 12.3. The highest BCUT2D eigenvalue weighted by Gasteiger charge is 2.39. The van der Waals surface area contributed by atoms with E-state index in [-0.39, 0.29) is 5.57 Å². The van der Waals surface area contributed by atoms with Gasteiger partial charge in [-0.05, 0) is 5.56 Å². The van der Waals surface area contributed by atoms with Gasteiger partial charge in [0.1, 0.15) is 0 Å². The molecule has 0 unspecified atom stereocenters. The van der Waals surface area contributed by atoms with E-state index >= 15 is 0 Å². The monoisotopic (exact) mass is 299 g/mol. The van der Waals surface area contributed by atoms with E-state index in [1.54, 1.807) is 30.3 Å². The highest BCUT2D eigenvalue weighted by atomic mass is 31.2. The second-order valence-electron chi connectivity index (χ2n) is 4.63. The van der Waals surface area contributed by atoms with Crippen LogP contribution in [0.2, 0.25) is 0 Å². The smallest absolute Gasteiger partial charge is 0.309 e. The molecule has 0 aliphatic carbocycles. The first-order chi connectivity index (χ1) is 9.27. The second kappa shape index (κ2) is 6.31. The summed E-state index contributed by atoms with van der Waals surface area (Å²) < 4.78 is 22.0. The molecule has 0 amide bonds. The summed E-state index contributed by atoms with van der Waals surface area (Å²) >= 11 is 0. The van der Waals surface area contributed by atoms with Gasteiger partial charge in [-0.3, -0.25) is 14.7 Å². The van der Waals surface area contributed by atoms with Crippen molar-refractivity contribution < 1.29 is 18.5 Å².